The molecule has 2 aromatic carbocycles. The number of pyridine rings is 1. The third-order valence-electron chi connectivity index (χ3n) is 5.35. The molecule has 9 heteroatoms. The second-order valence-corrected chi connectivity index (χ2v) is 8.61. The van der Waals surface area contributed by atoms with Crippen LogP contribution < -0.4 is 5.32 Å². The van der Waals surface area contributed by atoms with Crippen molar-refractivity contribution in [1.82, 2.24) is 24.6 Å². The molecule has 0 aliphatic carbocycles. The fraction of sp³-hybridized carbons (Fsp3) is 0.250. The highest BCUT2D eigenvalue weighted by molar-refractivity contribution is 6.31. The Kier molecular flexibility index (Phi) is 6.55. The third kappa shape index (κ3) is 4.80. The predicted octanol–water partition coefficient (Wildman–Crippen LogP) is 5.86. The van der Waals surface area contributed by atoms with Gasteiger partial charge in [0, 0.05) is 29.4 Å². The number of halogens is 2. The zero-order valence-electron chi connectivity index (χ0n) is 18.5. The van der Waals surface area contributed by atoms with Gasteiger partial charge in [-0.15, -0.1) is 0 Å². The van der Waals surface area contributed by atoms with Gasteiger partial charge in [0.25, 0.3) is 0 Å². The summed E-state index contributed by atoms with van der Waals surface area (Å²) in [6, 6.07) is 11.4. The minimum Gasteiger partial charge on any atom is -0.317 e. The molecule has 0 spiro atoms. The number of anilines is 1. The van der Waals surface area contributed by atoms with E-state index >= 15 is 0 Å². The van der Waals surface area contributed by atoms with Crippen LogP contribution in [0, 0.1) is 11.7 Å². The van der Waals surface area contributed by atoms with Crippen molar-refractivity contribution in [1.29, 1.82) is 0 Å². The Labute approximate surface area is 196 Å². The van der Waals surface area contributed by atoms with Crippen LogP contribution in [-0.2, 0) is 0 Å². The van der Waals surface area contributed by atoms with Gasteiger partial charge in [-0.05, 0) is 36.4 Å². The van der Waals surface area contributed by atoms with Crippen molar-refractivity contribution in [3.8, 4) is 5.82 Å². The van der Waals surface area contributed by atoms with Gasteiger partial charge in [-0.3, -0.25) is 0 Å². The van der Waals surface area contributed by atoms with Crippen molar-refractivity contribution in [2.24, 2.45) is 5.92 Å². The molecule has 170 valence electrons. The third-order valence-corrected chi connectivity index (χ3v) is 5.64. The van der Waals surface area contributed by atoms with Crippen LogP contribution in [0.5, 0.6) is 0 Å². The maximum Gasteiger partial charge on any atom is 0.322 e. The quantitative estimate of drug-likeness (QED) is 0.386. The Morgan fingerprint density at radius 2 is 1.94 bits per heavy atom. The SMILES string of the molecule is CC(C)CN(C(=O)Nc1ccc(F)c(Cl)c1)[C@@H](C)c1cnc(-n2cncn2)c2ccccc12. The highest BCUT2D eigenvalue weighted by Gasteiger charge is 2.25. The smallest absolute Gasteiger partial charge is 0.317 e. The number of rotatable bonds is 6. The Balaban J connectivity index is 1.71. The van der Waals surface area contributed by atoms with Crippen molar-refractivity contribution < 1.29 is 9.18 Å². The van der Waals surface area contributed by atoms with E-state index in [1.54, 1.807) is 22.1 Å². The Morgan fingerprint density at radius 1 is 1.18 bits per heavy atom. The summed E-state index contributed by atoms with van der Waals surface area (Å²) in [4.78, 5) is 23.7. The first-order valence-electron chi connectivity index (χ1n) is 10.6. The highest BCUT2D eigenvalue weighted by Crippen LogP contribution is 2.31. The fourth-order valence-corrected chi connectivity index (χ4v) is 3.96. The van der Waals surface area contributed by atoms with Crippen LogP contribution >= 0.6 is 11.6 Å². The molecule has 0 aliphatic heterocycles. The van der Waals surface area contributed by atoms with Crippen LogP contribution in [0.25, 0.3) is 16.6 Å². The molecule has 4 rings (SSSR count). The molecule has 0 unspecified atom stereocenters. The van der Waals surface area contributed by atoms with Crippen LogP contribution in [0.4, 0.5) is 14.9 Å². The van der Waals surface area contributed by atoms with E-state index in [1.165, 1.54) is 24.5 Å². The summed E-state index contributed by atoms with van der Waals surface area (Å²) in [5.41, 5.74) is 1.33. The van der Waals surface area contributed by atoms with E-state index in [-0.39, 0.29) is 23.0 Å². The molecule has 1 atom stereocenters. The number of nitrogens with zero attached hydrogens (tertiary/aromatic N) is 5. The first-order valence-corrected chi connectivity index (χ1v) is 11.0. The van der Waals surface area contributed by atoms with Crippen LogP contribution in [0.15, 0.2) is 61.3 Å². The van der Waals surface area contributed by atoms with E-state index < -0.39 is 5.82 Å². The van der Waals surface area contributed by atoms with Gasteiger partial charge in [0.1, 0.15) is 18.5 Å². The van der Waals surface area contributed by atoms with E-state index in [0.717, 1.165) is 16.3 Å². The molecule has 33 heavy (non-hydrogen) atoms. The molecule has 0 aliphatic rings. The van der Waals surface area contributed by atoms with E-state index in [2.05, 4.69) is 20.4 Å². The summed E-state index contributed by atoms with van der Waals surface area (Å²) in [6.07, 6.45) is 4.84. The first-order chi connectivity index (χ1) is 15.8. The highest BCUT2D eigenvalue weighted by atomic mass is 35.5. The van der Waals surface area contributed by atoms with Gasteiger partial charge in [0.05, 0.1) is 11.1 Å². The lowest BCUT2D eigenvalue weighted by Gasteiger charge is -2.32. The predicted molar refractivity (Wildman–Crippen MR) is 127 cm³/mol. The molecular formula is C24H24ClFN6O. The second kappa shape index (κ2) is 9.54. The molecule has 4 aromatic rings. The number of aromatic nitrogens is 4. The van der Waals surface area contributed by atoms with Gasteiger partial charge >= 0.3 is 6.03 Å². The van der Waals surface area contributed by atoms with Crippen molar-refractivity contribution in [2.45, 2.75) is 26.8 Å². The number of urea groups is 1. The molecule has 0 fully saturated rings. The standard InChI is InChI=1S/C24H24ClFN6O/c1-15(2)12-31(24(33)30-17-8-9-22(26)21(25)10-17)16(3)20-11-28-23(32-14-27-13-29-32)19-7-5-4-6-18(19)20/h4-11,13-16H,12H2,1-3H3,(H,30,33)/t16-/m0/s1. The number of hydrogen-bond donors (Lipinski definition) is 1. The van der Waals surface area contributed by atoms with Crippen molar-refractivity contribution in [3.05, 3.63) is 77.7 Å². The molecule has 0 saturated carbocycles. The minimum atomic E-state index is -0.535. The molecule has 0 radical (unpaired) electrons. The summed E-state index contributed by atoms with van der Waals surface area (Å²) in [6.45, 7) is 6.58. The lowest BCUT2D eigenvalue weighted by atomic mass is 10.00. The number of nitrogens with one attached hydrogen (secondary N) is 1. The fourth-order valence-electron chi connectivity index (χ4n) is 3.78. The maximum atomic E-state index is 13.5. The van der Waals surface area contributed by atoms with Crippen molar-refractivity contribution in [3.63, 3.8) is 0 Å². The summed E-state index contributed by atoms with van der Waals surface area (Å²) in [7, 11) is 0. The number of hydrogen-bond acceptors (Lipinski definition) is 4. The van der Waals surface area contributed by atoms with Gasteiger partial charge in [0.15, 0.2) is 5.82 Å². The Bertz CT molecular complexity index is 1280. The molecule has 0 saturated heterocycles. The van der Waals surface area contributed by atoms with Crippen LogP contribution in [-0.4, -0.2) is 37.2 Å². The average molecular weight is 467 g/mol. The number of carbonyl (C=O) groups excluding carboxylic acids is 1. The first kappa shape index (κ1) is 22.7. The number of benzene rings is 2. The zero-order valence-corrected chi connectivity index (χ0v) is 19.3. The Hall–Kier alpha value is -3.52. The molecular weight excluding hydrogens is 443 g/mol. The lowest BCUT2D eigenvalue weighted by Crippen LogP contribution is -2.39. The Morgan fingerprint density at radius 3 is 2.61 bits per heavy atom. The zero-order chi connectivity index (χ0) is 23.5. The largest absolute Gasteiger partial charge is 0.322 e. The van der Waals surface area contributed by atoms with Crippen LogP contribution in [0.2, 0.25) is 5.02 Å². The number of carbonyl (C=O) groups is 1. The van der Waals surface area contributed by atoms with Crippen LogP contribution in [0.1, 0.15) is 32.4 Å². The van der Waals surface area contributed by atoms with Gasteiger partial charge in [-0.1, -0.05) is 49.7 Å². The van der Waals surface area contributed by atoms with Crippen molar-refractivity contribution >= 4 is 34.1 Å². The average Bonchev–Trinajstić information content (AvgIpc) is 3.33. The van der Waals surface area contributed by atoms with E-state index in [1.807, 2.05) is 45.0 Å². The molecule has 7 nitrogen and oxygen atoms in total. The number of fused-ring (bicyclic) bond motifs is 1. The molecule has 1 N–H and O–H groups in total. The summed E-state index contributed by atoms with van der Waals surface area (Å²) < 4.78 is 15.1. The normalized spacial score (nSPS) is 12.2. The minimum absolute atomic E-state index is 0.0462. The van der Waals surface area contributed by atoms with E-state index in [0.29, 0.717) is 18.1 Å². The van der Waals surface area contributed by atoms with Gasteiger partial charge in [-0.2, -0.15) is 5.10 Å². The summed E-state index contributed by atoms with van der Waals surface area (Å²) >= 11 is 5.88. The topological polar surface area (TPSA) is 75.9 Å². The number of amides is 2. The van der Waals surface area contributed by atoms with Gasteiger partial charge in [-0.25, -0.2) is 23.8 Å². The van der Waals surface area contributed by atoms with Crippen LogP contribution in [0.3, 0.4) is 0 Å². The van der Waals surface area contributed by atoms with Crippen molar-refractivity contribution in [2.75, 3.05) is 11.9 Å². The second-order valence-electron chi connectivity index (χ2n) is 8.20. The molecule has 2 aromatic heterocycles. The van der Waals surface area contributed by atoms with Gasteiger partial charge in [0.2, 0.25) is 0 Å². The van der Waals surface area contributed by atoms with Gasteiger partial charge < -0.3 is 10.2 Å². The molecule has 0 bridgehead atoms. The molecule has 2 amide bonds. The monoisotopic (exact) mass is 466 g/mol. The summed E-state index contributed by atoms with van der Waals surface area (Å²) in [5, 5.41) is 8.87. The van der Waals surface area contributed by atoms with E-state index in [9.17, 15) is 9.18 Å². The summed E-state index contributed by atoms with van der Waals surface area (Å²) in [5.74, 6) is 0.357. The molecule has 2 heterocycles. The van der Waals surface area contributed by atoms with E-state index in [4.69, 9.17) is 11.6 Å². The lowest BCUT2D eigenvalue weighted by molar-refractivity contribution is 0.184. The maximum absolute atomic E-state index is 13.5.